The summed E-state index contributed by atoms with van der Waals surface area (Å²) in [6.07, 6.45) is 9.55. The molecule has 0 aromatic carbocycles. The smallest absolute Gasteiger partial charge is 0.224 e. The largest absolute Gasteiger partial charge is 0.343 e. The third-order valence-corrected chi connectivity index (χ3v) is 4.45. The Labute approximate surface area is 150 Å². The minimum atomic E-state index is -0.0594. The van der Waals surface area contributed by atoms with Gasteiger partial charge >= 0.3 is 0 Å². The molecule has 0 unspecified atom stereocenters. The Morgan fingerprint density at radius 1 is 1.16 bits per heavy atom. The Hall–Kier alpha value is -1.89. The van der Waals surface area contributed by atoms with Crippen molar-refractivity contribution in [2.24, 2.45) is 0 Å². The van der Waals surface area contributed by atoms with Crippen LogP contribution in [-0.2, 0) is 16.1 Å². The average molecular weight is 349 g/mol. The van der Waals surface area contributed by atoms with Crippen LogP contribution in [0.25, 0.3) is 0 Å². The van der Waals surface area contributed by atoms with Crippen molar-refractivity contribution in [2.45, 2.75) is 51.5 Å². The van der Waals surface area contributed by atoms with E-state index in [0.717, 1.165) is 39.0 Å². The average Bonchev–Trinajstić information content (AvgIpc) is 2.83. The van der Waals surface area contributed by atoms with Gasteiger partial charge in [-0.05, 0) is 33.4 Å². The van der Waals surface area contributed by atoms with Crippen LogP contribution in [0.3, 0.4) is 0 Å². The first kappa shape index (κ1) is 19.4. The zero-order chi connectivity index (χ0) is 18.1. The van der Waals surface area contributed by atoms with E-state index < -0.39 is 0 Å². The summed E-state index contributed by atoms with van der Waals surface area (Å²) in [5.41, 5.74) is 0.711. The molecule has 2 heterocycles. The van der Waals surface area contributed by atoms with Crippen LogP contribution >= 0.6 is 0 Å². The molecular weight excluding hydrogens is 318 g/mol. The lowest BCUT2D eigenvalue weighted by Gasteiger charge is -2.20. The number of carbonyl (C=O) groups is 2. The molecule has 0 aliphatic carbocycles. The van der Waals surface area contributed by atoms with E-state index in [9.17, 15) is 9.59 Å². The standard InChI is InChI=1S/C18H31N5O2/c1-21(2)12-13-23-15-16(14-19-23)20-17(24)8-7-9-18(25)22-10-5-3-4-6-11-22/h14-15H,3-13H2,1-2H3,(H,20,24). The van der Waals surface area contributed by atoms with E-state index in [1.807, 2.05) is 29.9 Å². The number of nitrogens with one attached hydrogen (secondary N) is 1. The van der Waals surface area contributed by atoms with Gasteiger partial charge in [0.2, 0.25) is 11.8 Å². The summed E-state index contributed by atoms with van der Waals surface area (Å²) in [5.74, 6) is 0.127. The molecule has 0 spiro atoms. The van der Waals surface area contributed by atoms with Crippen LogP contribution in [0.2, 0.25) is 0 Å². The summed E-state index contributed by atoms with van der Waals surface area (Å²) in [6, 6.07) is 0. The first-order chi connectivity index (χ1) is 12.0. The Bertz CT molecular complexity index is 547. The highest BCUT2D eigenvalue weighted by molar-refractivity contribution is 5.90. The zero-order valence-corrected chi connectivity index (χ0v) is 15.5. The third kappa shape index (κ3) is 7.25. The van der Waals surface area contributed by atoms with Gasteiger partial charge in [0, 0.05) is 38.7 Å². The molecule has 140 valence electrons. The molecule has 2 rings (SSSR count). The molecule has 1 aromatic heterocycles. The van der Waals surface area contributed by atoms with E-state index in [1.54, 1.807) is 6.20 Å². The highest BCUT2D eigenvalue weighted by atomic mass is 16.2. The van der Waals surface area contributed by atoms with E-state index in [0.29, 0.717) is 24.9 Å². The number of nitrogens with zero attached hydrogens (tertiary/aromatic N) is 4. The Morgan fingerprint density at radius 2 is 1.88 bits per heavy atom. The first-order valence-corrected chi connectivity index (χ1v) is 9.29. The lowest BCUT2D eigenvalue weighted by Crippen LogP contribution is -2.31. The molecule has 7 heteroatoms. The van der Waals surface area contributed by atoms with Gasteiger partial charge < -0.3 is 15.1 Å². The minimum Gasteiger partial charge on any atom is -0.343 e. The molecule has 1 aliphatic rings. The monoisotopic (exact) mass is 349 g/mol. The van der Waals surface area contributed by atoms with Crippen LogP contribution in [0.4, 0.5) is 5.69 Å². The number of hydrogen-bond acceptors (Lipinski definition) is 4. The number of rotatable bonds is 8. The van der Waals surface area contributed by atoms with Crippen LogP contribution < -0.4 is 5.32 Å². The van der Waals surface area contributed by atoms with Crippen molar-refractivity contribution in [3.05, 3.63) is 12.4 Å². The maximum atomic E-state index is 12.2. The van der Waals surface area contributed by atoms with Gasteiger partial charge in [-0.25, -0.2) is 0 Å². The van der Waals surface area contributed by atoms with Gasteiger partial charge in [0.1, 0.15) is 0 Å². The number of amides is 2. The maximum Gasteiger partial charge on any atom is 0.224 e. The normalized spacial score (nSPS) is 15.2. The van der Waals surface area contributed by atoms with Crippen LogP contribution in [0.15, 0.2) is 12.4 Å². The number of carbonyl (C=O) groups excluding carboxylic acids is 2. The second kappa shape index (κ2) is 10.2. The lowest BCUT2D eigenvalue weighted by atomic mass is 10.2. The third-order valence-electron chi connectivity index (χ3n) is 4.45. The van der Waals surface area contributed by atoms with Crippen molar-refractivity contribution < 1.29 is 9.59 Å². The predicted octanol–water partition coefficient (Wildman–Crippen LogP) is 1.96. The molecule has 0 saturated carbocycles. The molecule has 1 saturated heterocycles. The quantitative estimate of drug-likeness (QED) is 0.779. The Morgan fingerprint density at radius 3 is 2.56 bits per heavy atom. The summed E-state index contributed by atoms with van der Waals surface area (Å²) < 4.78 is 1.82. The van der Waals surface area contributed by atoms with Crippen molar-refractivity contribution in [1.29, 1.82) is 0 Å². The van der Waals surface area contributed by atoms with Gasteiger partial charge in [-0.1, -0.05) is 12.8 Å². The van der Waals surface area contributed by atoms with Crippen LogP contribution in [0, 0.1) is 0 Å². The number of aromatic nitrogens is 2. The van der Waals surface area contributed by atoms with Crippen molar-refractivity contribution in [2.75, 3.05) is 39.0 Å². The molecule has 1 fully saturated rings. The summed E-state index contributed by atoms with van der Waals surface area (Å²) >= 11 is 0. The van der Waals surface area contributed by atoms with E-state index in [-0.39, 0.29) is 11.8 Å². The Balaban J connectivity index is 1.65. The van der Waals surface area contributed by atoms with Gasteiger partial charge in [-0.3, -0.25) is 14.3 Å². The lowest BCUT2D eigenvalue weighted by molar-refractivity contribution is -0.131. The summed E-state index contributed by atoms with van der Waals surface area (Å²) in [7, 11) is 4.03. The molecule has 1 aliphatic heterocycles. The first-order valence-electron chi connectivity index (χ1n) is 9.29. The highest BCUT2D eigenvalue weighted by Crippen LogP contribution is 2.12. The topological polar surface area (TPSA) is 70.5 Å². The second-order valence-corrected chi connectivity index (χ2v) is 6.99. The van der Waals surface area contributed by atoms with Crippen LogP contribution in [-0.4, -0.2) is 65.1 Å². The van der Waals surface area contributed by atoms with Gasteiger partial charge in [-0.2, -0.15) is 5.10 Å². The van der Waals surface area contributed by atoms with Gasteiger partial charge in [0.05, 0.1) is 18.4 Å². The zero-order valence-electron chi connectivity index (χ0n) is 15.5. The number of anilines is 1. The fourth-order valence-corrected chi connectivity index (χ4v) is 2.95. The highest BCUT2D eigenvalue weighted by Gasteiger charge is 2.15. The summed E-state index contributed by atoms with van der Waals surface area (Å²) in [6.45, 7) is 3.43. The molecule has 0 atom stereocenters. The summed E-state index contributed by atoms with van der Waals surface area (Å²) in [4.78, 5) is 28.3. The number of likely N-dealkylation sites (N-methyl/N-ethyl adjacent to an activating group) is 1. The van der Waals surface area contributed by atoms with E-state index in [2.05, 4.69) is 15.3 Å². The predicted molar refractivity (Wildman–Crippen MR) is 98.3 cm³/mol. The van der Waals surface area contributed by atoms with Crippen molar-refractivity contribution in [3.63, 3.8) is 0 Å². The van der Waals surface area contributed by atoms with Crippen LogP contribution in [0.5, 0.6) is 0 Å². The molecule has 1 aromatic rings. The van der Waals surface area contributed by atoms with Crippen molar-refractivity contribution >= 4 is 17.5 Å². The summed E-state index contributed by atoms with van der Waals surface area (Å²) in [5, 5.41) is 7.09. The van der Waals surface area contributed by atoms with Crippen molar-refractivity contribution in [1.82, 2.24) is 19.6 Å². The van der Waals surface area contributed by atoms with E-state index in [1.165, 1.54) is 12.8 Å². The Kier molecular flexibility index (Phi) is 7.91. The van der Waals surface area contributed by atoms with Gasteiger partial charge in [0.15, 0.2) is 0 Å². The van der Waals surface area contributed by atoms with Crippen molar-refractivity contribution in [3.8, 4) is 0 Å². The van der Waals surface area contributed by atoms with E-state index in [4.69, 9.17) is 0 Å². The minimum absolute atomic E-state index is 0.0594. The molecule has 25 heavy (non-hydrogen) atoms. The number of likely N-dealkylation sites (tertiary alicyclic amines) is 1. The maximum absolute atomic E-state index is 12.2. The fourth-order valence-electron chi connectivity index (χ4n) is 2.95. The molecule has 0 radical (unpaired) electrons. The molecule has 0 bridgehead atoms. The molecule has 1 N–H and O–H groups in total. The SMILES string of the molecule is CN(C)CCn1cc(NC(=O)CCCC(=O)N2CCCCCC2)cn1. The van der Waals surface area contributed by atoms with E-state index >= 15 is 0 Å². The number of hydrogen-bond donors (Lipinski definition) is 1. The molecule has 2 amide bonds. The van der Waals surface area contributed by atoms with Gasteiger partial charge in [-0.15, -0.1) is 0 Å². The van der Waals surface area contributed by atoms with Crippen LogP contribution in [0.1, 0.15) is 44.9 Å². The second-order valence-electron chi connectivity index (χ2n) is 6.99. The molecule has 7 nitrogen and oxygen atoms in total. The fraction of sp³-hybridized carbons (Fsp3) is 0.722. The molecular formula is C18H31N5O2. The van der Waals surface area contributed by atoms with Gasteiger partial charge in [0.25, 0.3) is 0 Å².